The van der Waals surface area contributed by atoms with Gasteiger partial charge in [-0.3, -0.25) is 0 Å². The molecule has 0 radical (unpaired) electrons. The van der Waals surface area contributed by atoms with E-state index in [4.69, 9.17) is 11.8 Å². The zero-order chi connectivity index (χ0) is 2.71. The molecule has 0 bridgehead atoms. The molecule has 28 valence electrons. The fraction of sp³-hybridized carbons (Fsp3) is 1.00. The molecule has 0 saturated heterocycles. The van der Waals surface area contributed by atoms with Crippen molar-refractivity contribution in [2.75, 3.05) is 7.05 Å². The molecule has 0 spiro atoms. The number of hydrogen-bond donors (Lipinski definition) is 1. The first kappa shape index (κ1) is 8.83. The number of hydrogen-bond acceptors (Lipinski definition) is 1. The largest absolute Gasteiger partial charge is 0.237 e. The Kier molecular flexibility index (Phi) is 20.5. The molecule has 0 saturated carbocycles. The Labute approximate surface area is 41.2 Å². The zero-order valence-corrected chi connectivity index (χ0v) is 4.76. The number of halogens is 2. The molecular weight excluding hydrogens is 141 g/mol. The molecule has 1 nitrogen and oxygen atoms in total. The van der Waals surface area contributed by atoms with E-state index in [0.717, 1.165) is 0 Å². The number of nitrogens with one attached hydrogen (secondary N) is 1. The van der Waals surface area contributed by atoms with Gasteiger partial charge < -0.3 is 0 Å². The van der Waals surface area contributed by atoms with Gasteiger partial charge >= 0.3 is 0 Å². The van der Waals surface area contributed by atoms with E-state index in [0.29, 0.717) is 0 Å². The Hall–Kier alpha value is 0.730. The maximum Gasteiger partial charge on any atom is -0.000695 e. The topological polar surface area (TPSA) is 12.0 Å². The molecule has 0 heterocycles. The van der Waals surface area contributed by atoms with Crippen LogP contribution in [0.15, 0.2) is 0 Å². The molecule has 0 aromatic carbocycles. The van der Waals surface area contributed by atoms with Gasteiger partial charge in [-0.1, -0.05) is 0 Å². The van der Waals surface area contributed by atoms with Crippen LogP contribution in [0.5, 0.6) is 0 Å². The van der Waals surface area contributed by atoms with E-state index in [1.807, 2.05) is 0 Å². The third kappa shape index (κ3) is 15.3. The third-order valence-corrected chi connectivity index (χ3v) is 0. The molecule has 3 heteroatoms. The van der Waals surface area contributed by atoms with Crippen LogP contribution in [0.3, 0.4) is 0 Å². The van der Waals surface area contributed by atoms with Crippen LogP contribution in [-0.4, -0.2) is 7.05 Å². The molecule has 0 fully saturated rings. The van der Waals surface area contributed by atoms with E-state index in [9.17, 15) is 0 Å². The van der Waals surface area contributed by atoms with Gasteiger partial charge in [0.2, 0.25) is 0 Å². The minimum Gasteiger partial charge on any atom is -0.237 e. The van der Waals surface area contributed by atoms with Gasteiger partial charge in [0.05, 0.1) is 0 Å². The highest BCUT2D eigenvalue weighted by molar-refractivity contribution is 8.93. The van der Waals surface area contributed by atoms with Gasteiger partial charge in [-0.05, 0) is 18.8 Å². The van der Waals surface area contributed by atoms with Crippen LogP contribution in [-0.2, 0) is 0 Å². The van der Waals surface area contributed by atoms with Gasteiger partial charge in [0, 0.05) is 0 Å². The summed E-state index contributed by atoms with van der Waals surface area (Å²) in [4.78, 5) is 2.22. The van der Waals surface area contributed by atoms with Crippen LogP contribution in [0.2, 0.25) is 0 Å². The Balaban J connectivity index is 0. The van der Waals surface area contributed by atoms with Crippen molar-refractivity contribution in [2.45, 2.75) is 0 Å². The van der Waals surface area contributed by atoms with E-state index in [1.165, 1.54) is 0 Å². The van der Waals surface area contributed by atoms with Gasteiger partial charge in [-0.25, -0.2) is 4.84 Å². The summed E-state index contributed by atoms with van der Waals surface area (Å²) >= 11 is 4.75. The molecular formula is CH5BrClN. The standard InChI is InChI=1S/CH4ClN.BrH/c1-3-2;/h3H,1H3;1H. The highest BCUT2D eigenvalue weighted by atomic mass is 79.9. The quantitative estimate of drug-likeness (QED) is 0.502. The molecule has 0 aliphatic rings. The monoisotopic (exact) mass is 145 g/mol. The summed E-state index contributed by atoms with van der Waals surface area (Å²) in [7, 11) is 1.64. The smallest absolute Gasteiger partial charge is 0.000695 e. The van der Waals surface area contributed by atoms with Crippen molar-refractivity contribution in [2.24, 2.45) is 0 Å². The Bertz CT molecular complexity index is 8.00. The second kappa shape index (κ2) is 9.29. The second-order valence-corrected chi connectivity index (χ2v) is 0.567. The fourth-order valence-electron chi connectivity index (χ4n) is 0. The third-order valence-electron chi connectivity index (χ3n) is 0. The normalized spacial score (nSPS) is 4.50. The van der Waals surface area contributed by atoms with E-state index < -0.39 is 0 Å². The summed E-state index contributed by atoms with van der Waals surface area (Å²) in [5.74, 6) is 0. The first-order valence-corrected chi connectivity index (χ1v) is 1.07. The van der Waals surface area contributed by atoms with Crippen molar-refractivity contribution < 1.29 is 0 Å². The Morgan fingerprint density at radius 2 is 1.75 bits per heavy atom. The molecule has 4 heavy (non-hydrogen) atoms. The van der Waals surface area contributed by atoms with E-state index in [-0.39, 0.29) is 17.0 Å². The van der Waals surface area contributed by atoms with Crippen molar-refractivity contribution in [1.82, 2.24) is 4.84 Å². The van der Waals surface area contributed by atoms with E-state index in [1.54, 1.807) is 7.05 Å². The molecule has 0 aromatic heterocycles. The fourth-order valence-corrected chi connectivity index (χ4v) is 0. The van der Waals surface area contributed by atoms with Gasteiger partial charge in [-0.15, -0.1) is 17.0 Å². The lowest BCUT2D eigenvalue weighted by Gasteiger charge is -1.54. The summed E-state index contributed by atoms with van der Waals surface area (Å²) in [6, 6.07) is 0. The van der Waals surface area contributed by atoms with Gasteiger partial charge in [0.25, 0.3) is 0 Å². The molecule has 0 aromatic rings. The lowest BCUT2D eigenvalue weighted by molar-refractivity contribution is 1.28. The molecule has 0 amide bonds. The average Bonchev–Trinajstić information content (AvgIpc) is 0.918. The summed E-state index contributed by atoms with van der Waals surface area (Å²) in [6.45, 7) is 0. The minimum absolute atomic E-state index is 0. The first-order valence-electron chi connectivity index (χ1n) is 0.689. The van der Waals surface area contributed by atoms with Crippen LogP contribution in [0.25, 0.3) is 0 Å². The maximum atomic E-state index is 4.75. The van der Waals surface area contributed by atoms with Crippen molar-refractivity contribution in [3.63, 3.8) is 0 Å². The lowest BCUT2D eigenvalue weighted by atomic mass is 11.6. The van der Waals surface area contributed by atoms with Crippen molar-refractivity contribution in [1.29, 1.82) is 0 Å². The molecule has 0 atom stereocenters. The Morgan fingerprint density at radius 3 is 1.75 bits per heavy atom. The molecule has 1 N–H and O–H groups in total. The predicted molar refractivity (Wildman–Crippen MR) is 25.2 cm³/mol. The zero-order valence-electron chi connectivity index (χ0n) is 2.29. The van der Waals surface area contributed by atoms with Gasteiger partial charge in [-0.2, -0.15) is 0 Å². The van der Waals surface area contributed by atoms with Gasteiger partial charge in [0.15, 0.2) is 0 Å². The van der Waals surface area contributed by atoms with Gasteiger partial charge in [0.1, 0.15) is 0 Å². The van der Waals surface area contributed by atoms with E-state index >= 15 is 0 Å². The van der Waals surface area contributed by atoms with Crippen LogP contribution in [0.4, 0.5) is 0 Å². The summed E-state index contributed by atoms with van der Waals surface area (Å²) in [6.07, 6.45) is 0. The highest BCUT2D eigenvalue weighted by Crippen LogP contribution is 1.38. The SMILES string of the molecule is Br.CNCl. The van der Waals surface area contributed by atoms with Crippen molar-refractivity contribution >= 4 is 28.8 Å². The summed E-state index contributed by atoms with van der Waals surface area (Å²) in [5.41, 5.74) is 0. The number of rotatable bonds is 0. The van der Waals surface area contributed by atoms with Crippen LogP contribution >= 0.6 is 28.8 Å². The molecule has 0 unspecified atom stereocenters. The predicted octanol–water partition coefficient (Wildman–Crippen LogP) is 0.938. The maximum absolute atomic E-state index is 4.75. The van der Waals surface area contributed by atoms with Crippen LogP contribution < -0.4 is 4.84 Å². The second-order valence-electron chi connectivity index (χ2n) is 0.189. The Morgan fingerprint density at radius 1 is 1.75 bits per heavy atom. The molecule has 0 aliphatic carbocycles. The minimum atomic E-state index is 0. The summed E-state index contributed by atoms with van der Waals surface area (Å²) in [5, 5.41) is 0. The average molecular weight is 146 g/mol. The summed E-state index contributed by atoms with van der Waals surface area (Å²) < 4.78 is 0. The van der Waals surface area contributed by atoms with Crippen LogP contribution in [0.1, 0.15) is 0 Å². The highest BCUT2D eigenvalue weighted by Gasteiger charge is 1.29. The van der Waals surface area contributed by atoms with E-state index in [2.05, 4.69) is 4.84 Å². The van der Waals surface area contributed by atoms with Crippen LogP contribution in [0, 0.1) is 0 Å². The lowest BCUT2D eigenvalue weighted by Crippen LogP contribution is -1.76. The molecule has 0 aliphatic heterocycles. The van der Waals surface area contributed by atoms with Crippen molar-refractivity contribution in [3.8, 4) is 0 Å². The molecule has 0 rings (SSSR count). The van der Waals surface area contributed by atoms with Crippen molar-refractivity contribution in [3.05, 3.63) is 0 Å². The first-order chi connectivity index (χ1) is 1.41.